The molecule has 0 spiro atoms. The molecule has 0 aliphatic carbocycles. The number of aromatic hydroxyl groups is 1. The van der Waals surface area contributed by atoms with Gasteiger partial charge in [0.2, 0.25) is 5.91 Å². The molecule has 3 amide bonds. The lowest BCUT2D eigenvalue weighted by Crippen LogP contribution is -2.58. The zero-order valence-corrected chi connectivity index (χ0v) is 22.9. The van der Waals surface area contributed by atoms with Crippen molar-refractivity contribution in [1.29, 1.82) is 0 Å². The Balaban J connectivity index is 1.56. The van der Waals surface area contributed by atoms with Crippen molar-refractivity contribution in [3.05, 3.63) is 89.4 Å². The minimum absolute atomic E-state index is 0.0283. The summed E-state index contributed by atoms with van der Waals surface area (Å²) in [6.07, 6.45) is 1.61. The molecule has 1 aliphatic heterocycles. The van der Waals surface area contributed by atoms with Crippen LogP contribution in [0, 0.1) is 6.92 Å². The van der Waals surface area contributed by atoms with E-state index < -0.39 is 34.7 Å². The smallest absolute Gasteiger partial charge is 0.254 e. The number of rotatable bonds is 9. The lowest BCUT2D eigenvalue weighted by Gasteiger charge is -2.33. The van der Waals surface area contributed by atoms with Crippen LogP contribution in [0.5, 0.6) is 5.75 Å². The van der Waals surface area contributed by atoms with Crippen molar-refractivity contribution in [2.24, 2.45) is 0 Å². The Labute approximate surface area is 231 Å². The Bertz CT molecular complexity index is 1310. The summed E-state index contributed by atoms with van der Waals surface area (Å²) in [6.45, 7) is 5.63. The van der Waals surface area contributed by atoms with Gasteiger partial charge in [-0.25, -0.2) is 0 Å². The summed E-state index contributed by atoms with van der Waals surface area (Å²) in [6, 6.07) is 13.7. The van der Waals surface area contributed by atoms with E-state index in [1.54, 1.807) is 25.1 Å². The number of hydrogen-bond donors (Lipinski definition) is 4. The molecule has 3 aromatic rings. The summed E-state index contributed by atoms with van der Waals surface area (Å²) in [7, 11) is 0. The van der Waals surface area contributed by atoms with Gasteiger partial charge in [0.05, 0.1) is 24.4 Å². The van der Waals surface area contributed by atoms with E-state index in [-0.39, 0.29) is 36.1 Å². The lowest BCUT2D eigenvalue weighted by molar-refractivity contribution is -0.147. The Kier molecular flexibility index (Phi) is 8.66. The summed E-state index contributed by atoms with van der Waals surface area (Å²) in [5.74, 6) is -1.33. The van der Waals surface area contributed by atoms with Crippen molar-refractivity contribution >= 4 is 29.5 Å². The molecule has 9 nitrogen and oxygen atoms in total. The third kappa shape index (κ3) is 6.46. The zero-order chi connectivity index (χ0) is 28.2. The average molecular weight is 552 g/mol. The Morgan fingerprint density at radius 3 is 2.54 bits per heavy atom. The normalized spacial score (nSPS) is 17.8. The maximum atomic E-state index is 13.7. The molecule has 10 heteroatoms. The average Bonchev–Trinajstić information content (AvgIpc) is 3.55. The topological polar surface area (TPSA) is 132 Å². The number of carbonyl (C=O) groups is 3. The minimum atomic E-state index is -1.62. The molecule has 2 heterocycles. The van der Waals surface area contributed by atoms with Crippen LogP contribution < -0.4 is 10.6 Å². The van der Waals surface area contributed by atoms with Crippen molar-refractivity contribution < 1.29 is 29.0 Å². The van der Waals surface area contributed by atoms with E-state index in [9.17, 15) is 24.6 Å². The first-order valence-electron chi connectivity index (χ1n) is 12.6. The number of amides is 3. The van der Waals surface area contributed by atoms with Gasteiger partial charge in [0, 0.05) is 28.0 Å². The van der Waals surface area contributed by atoms with Gasteiger partial charge >= 0.3 is 0 Å². The van der Waals surface area contributed by atoms with Crippen LogP contribution in [0.3, 0.4) is 0 Å². The summed E-state index contributed by atoms with van der Waals surface area (Å²) in [5, 5.41) is 27.1. The second kappa shape index (κ2) is 12.0. The highest BCUT2D eigenvalue weighted by atomic mass is 32.2. The van der Waals surface area contributed by atoms with Crippen LogP contribution in [0.2, 0.25) is 0 Å². The number of aliphatic hydroxyl groups excluding tert-OH is 1. The number of aliphatic hydroxyl groups is 1. The van der Waals surface area contributed by atoms with Crippen molar-refractivity contribution in [1.82, 2.24) is 15.5 Å². The Hall–Kier alpha value is -3.76. The van der Waals surface area contributed by atoms with E-state index in [4.69, 9.17) is 4.42 Å². The molecule has 0 radical (unpaired) electrons. The molecule has 39 heavy (non-hydrogen) atoms. The quantitative estimate of drug-likeness (QED) is 0.321. The van der Waals surface area contributed by atoms with Gasteiger partial charge in [-0.1, -0.05) is 36.4 Å². The van der Waals surface area contributed by atoms with Gasteiger partial charge in [-0.05, 0) is 51.0 Å². The fourth-order valence-corrected chi connectivity index (χ4v) is 5.80. The van der Waals surface area contributed by atoms with E-state index in [2.05, 4.69) is 10.6 Å². The van der Waals surface area contributed by atoms with Crippen molar-refractivity contribution in [2.75, 3.05) is 5.88 Å². The third-order valence-corrected chi connectivity index (χ3v) is 8.30. The number of nitrogens with one attached hydrogen (secondary N) is 2. The first-order valence-corrected chi connectivity index (χ1v) is 13.6. The minimum Gasteiger partial charge on any atom is -0.508 e. The molecule has 0 saturated carbocycles. The van der Waals surface area contributed by atoms with Crippen LogP contribution in [0.15, 0.2) is 71.5 Å². The zero-order valence-electron chi connectivity index (χ0n) is 22.1. The molecular formula is C29H33N3O6S. The molecule has 0 bridgehead atoms. The third-order valence-electron chi connectivity index (χ3n) is 6.92. The summed E-state index contributed by atoms with van der Waals surface area (Å²) in [4.78, 5) is 41.6. The van der Waals surface area contributed by atoms with E-state index in [1.165, 1.54) is 35.3 Å². The van der Waals surface area contributed by atoms with Crippen LogP contribution in [0.1, 0.15) is 40.9 Å². The second-order valence-electron chi connectivity index (χ2n) is 10.1. The number of phenols is 1. The van der Waals surface area contributed by atoms with Crippen LogP contribution in [0.4, 0.5) is 0 Å². The summed E-state index contributed by atoms with van der Waals surface area (Å²) in [5.41, 5.74) is 2.23. The Morgan fingerprint density at radius 1 is 1.10 bits per heavy atom. The van der Waals surface area contributed by atoms with Crippen LogP contribution in [0.25, 0.3) is 0 Å². The van der Waals surface area contributed by atoms with Crippen molar-refractivity contribution in [3.8, 4) is 5.75 Å². The fraction of sp³-hybridized carbons (Fsp3) is 0.345. The summed E-state index contributed by atoms with van der Waals surface area (Å²) < 4.78 is 4.45. The van der Waals surface area contributed by atoms with E-state index in [0.717, 1.165) is 11.1 Å². The molecule has 1 aliphatic rings. The first-order chi connectivity index (χ1) is 18.6. The lowest BCUT2D eigenvalue weighted by atomic mass is 9.96. The molecule has 1 fully saturated rings. The first kappa shape index (κ1) is 28.3. The van der Waals surface area contributed by atoms with E-state index in [1.807, 2.05) is 44.2 Å². The van der Waals surface area contributed by atoms with Gasteiger partial charge in [0.15, 0.2) is 6.10 Å². The van der Waals surface area contributed by atoms with Crippen LogP contribution >= 0.6 is 11.8 Å². The fourth-order valence-electron chi connectivity index (χ4n) is 4.66. The predicted molar refractivity (Wildman–Crippen MR) is 148 cm³/mol. The Morgan fingerprint density at radius 2 is 1.85 bits per heavy atom. The standard InChI is InChI=1S/C29H33N3O6S/c1-18-21(10-7-11-23(18)33)26(35)31-22(14-19-8-5-4-6-9-19)24(34)28(37)32-17-39-29(2,3)25(32)27(36)30-15-20-12-13-38-16-20/h4-13,16,22,24-25,33-34H,14-15,17H2,1-3H3,(H,30,36)(H,31,35). The number of nitrogens with zero attached hydrogens (tertiary/aromatic N) is 1. The van der Waals surface area contributed by atoms with Gasteiger partial charge in [0.25, 0.3) is 11.8 Å². The number of benzene rings is 2. The SMILES string of the molecule is Cc1c(O)cccc1C(=O)NC(Cc1ccccc1)C(O)C(=O)N1CSC(C)(C)C1C(=O)NCc1ccoc1. The highest BCUT2D eigenvalue weighted by molar-refractivity contribution is 8.00. The summed E-state index contributed by atoms with van der Waals surface area (Å²) >= 11 is 1.44. The highest BCUT2D eigenvalue weighted by Gasteiger charge is 2.49. The molecule has 2 aromatic carbocycles. The van der Waals surface area contributed by atoms with Gasteiger partial charge in [-0.2, -0.15) is 0 Å². The van der Waals surface area contributed by atoms with Crippen molar-refractivity contribution in [2.45, 2.75) is 56.7 Å². The second-order valence-corrected chi connectivity index (χ2v) is 11.7. The molecule has 1 saturated heterocycles. The molecule has 4 rings (SSSR count). The van der Waals surface area contributed by atoms with E-state index >= 15 is 0 Å². The number of carbonyl (C=O) groups excluding carboxylic acids is 3. The maximum Gasteiger partial charge on any atom is 0.254 e. The molecule has 206 valence electrons. The molecule has 4 N–H and O–H groups in total. The monoisotopic (exact) mass is 551 g/mol. The maximum absolute atomic E-state index is 13.7. The van der Waals surface area contributed by atoms with E-state index in [0.29, 0.717) is 5.56 Å². The number of phenolic OH excluding ortho intramolecular Hbond substituents is 1. The van der Waals surface area contributed by atoms with Gasteiger partial charge in [-0.15, -0.1) is 11.8 Å². The van der Waals surface area contributed by atoms with Crippen molar-refractivity contribution in [3.63, 3.8) is 0 Å². The van der Waals surface area contributed by atoms with Gasteiger partial charge in [0.1, 0.15) is 11.8 Å². The highest BCUT2D eigenvalue weighted by Crippen LogP contribution is 2.40. The molecule has 1 aromatic heterocycles. The number of hydrogen-bond acceptors (Lipinski definition) is 7. The van der Waals surface area contributed by atoms with Crippen LogP contribution in [-0.4, -0.2) is 61.6 Å². The molecule has 3 atom stereocenters. The molecule has 3 unspecified atom stereocenters. The number of furan rings is 1. The van der Waals surface area contributed by atoms with Gasteiger partial charge in [-0.3, -0.25) is 14.4 Å². The van der Waals surface area contributed by atoms with Gasteiger partial charge < -0.3 is 30.2 Å². The largest absolute Gasteiger partial charge is 0.508 e. The molecular weight excluding hydrogens is 518 g/mol. The van der Waals surface area contributed by atoms with Crippen LogP contribution in [-0.2, 0) is 22.6 Å². The predicted octanol–water partition coefficient (Wildman–Crippen LogP) is 2.99. The number of thioether (sulfide) groups is 1.